The molecule has 1 unspecified atom stereocenters. The lowest BCUT2D eigenvalue weighted by Gasteiger charge is -2.24. The molecule has 1 saturated heterocycles. The molecular weight excluding hydrogens is 342 g/mol. The van der Waals surface area contributed by atoms with Crippen LogP contribution in [0.4, 0.5) is 5.82 Å². The first kappa shape index (κ1) is 17.3. The van der Waals surface area contributed by atoms with Crippen molar-refractivity contribution in [2.24, 2.45) is 7.05 Å². The van der Waals surface area contributed by atoms with Gasteiger partial charge in [0, 0.05) is 31.8 Å². The molecule has 0 radical (unpaired) electrons. The third-order valence-corrected chi connectivity index (χ3v) is 4.78. The molecule has 0 aromatic carbocycles. The fraction of sp³-hybridized carbons (Fsp3) is 0.316. The van der Waals surface area contributed by atoms with E-state index in [1.807, 2.05) is 36.1 Å². The van der Waals surface area contributed by atoms with Crippen LogP contribution in [0.2, 0.25) is 0 Å². The molecule has 3 aromatic heterocycles. The number of rotatable bonds is 5. The Balaban J connectivity index is 1.51. The zero-order valence-corrected chi connectivity index (χ0v) is 15.1. The first-order chi connectivity index (χ1) is 13.2. The summed E-state index contributed by atoms with van der Waals surface area (Å²) in [5.74, 6) is 1.15. The molecule has 0 saturated carbocycles. The van der Waals surface area contributed by atoms with Crippen molar-refractivity contribution in [1.82, 2.24) is 29.4 Å². The second-order valence-electron chi connectivity index (χ2n) is 6.58. The summed E-state index contributed by atoms with van der Waals surface area (Å²) in [7, 11) is 2.00. The van der Waals surface area contributed by atoms with Gasteiger partial charge in [0.15, 0.2) is 5.82 Å². The van der Waals surface area contributed by atoms with Crippen molar-refractivity contribution in [2.45, 2.75) is 25.4 Å². The number of imidazole rings is 1. The average Bonchev–Trinajstić information content (AvgIpc) is 3.32. The maximum Gasteiger partial charge on any atom is 0.275 e. The number of amides is 1. The molecule has 1 aliphatic rings. The molecule has 27 heavy (non-hydrogen) atoms. The van der Waals surface area contributed by atoms with Gasteiger partial charge in [-0.1, -0.05) is 6.07 Å². The molecule has 0 bridgehead atoms. The average molecular weight is 363 g/mol. The van der Waals surface area contributed by atoms with E-state index in [-0.39, 0.29) is 11.9 Å². The summed E-state index contributed by atoms with van der Waals surface area (Å²) in [6.07, 6.45) is 10.5. The van der Waals surface area contributed by atoms with E-state index in [1.165, 1.54) is 12.4 Å². The van der Waals surface area contributed by atoms with E-state index in [0.717, 1.165) is 37.4 Å². The minimum absolute atomic E-state index is 0.186. The zero-order chi connectivity index (χ0) is 18.6. The minimum Gasteiger partial charge on any atom is -0.337 e. The highest BCUT2D eigenvalue weighted by Gasteiger charge is 2.28. The van der Waals surface area contributed by atoms with E-state index in [1.54, 1.807) is 12.3 Å². The summed E-state index contributed by atoms with van der Waals surface area (Å²) in [5.41, 5.74) is 1.29. The van der Waals surface area contributed by atoms with E-state index in [9.17, 15) is 4.79 Å². The van der Waals surface area contributed by atoms with Crippen molar-refractivity contribution in [3.63, 3.8) is 0 Å². The number of anilines is 1. The molecule has 8 nitrogen and oxygen atoms in total. The highest BCUT2D eigenvalue weighted by molar-refractivity contribution is 6.02. The number of carbonyl (C=O) groups is 1. The Kier molecular flexibility index (Phi) is 4.88. The molecule has 4 heterocycles. The van der Waals surface area contributed by atoms with Gasteiger partial charge in [-0.05, 0) is 31.5 Å². The van der Waals surface area contributed by atoms with Gasteiger partial charge in [-0.2, -0.15) is 0 Å². The van der Waals surface area contributed by atoms with E-state index in [2.05, 4.69) is 30.2 Å². The number of carbonyl (C=O) groups excluding carboxylic acids is 1. The number of hydrogen-bond donors (Lipinski definition) is 1. The molecule has 138 valence electrons. The third kappa shape index (κ3) is 3.85. The smallest absolute Gasteiger partial charge is 0.275 e. The summed E-state index contributed by atoms with van der Waals surface area (Å²) < 4.78 is 2.04. The van der Waals surface area contributed by atoms with Gasteiger partial charge in [0.25, 0.3) is 5.91 Å². The molecule has 8 heteroatoms. The van der Waals surface area contributed by atoms with Gasteiger partial charge < -0.3 is 9.88 Å². The molecular formula is C19H21N7O. The van der Waals surface area contributed by atoms with Gasteiger partial charge in [-0.25, -0.2) is 15.0 Å². The Bertz CT molecular complexity index is 925. The fourth-order valence-corrected chi connectivity index (χ4v) is 3.39. The van der Waals surface area contributed by atoms with Crippen molar-refractivity contribution in [3.05, 3.63) is 66.4 Å². The van der Waals surface area contributed by atoms with Gasteiger partial charge in [-0.15, -0.1) is 0 Å². The molecule has 1 N–H and O–H groups in total. The van der Waals surface area contributed by atoms with Crippen LogP contribution in [0.1, 0.15) is 40.9 Å². The number of aromatic nitrogens is 5. The standard InChI is InChI=1S/C19H21N7O/c1-25-11-9-22-18(25)13-26-10-3-6-16(26)14-4-2-5-15(23-14)19(27)24-17-12-20-7-8-21-17/h2,4-5,7-9,11-12,16H,3,6,10,13H2,1H3,(H,21,24,27). The van der Waals surface area contributed by atoms with Crippen molar-refractivity contribution >= 4 is 11.7 Å². The van der Waals surface area contributed by atoms with Gasteiger partial charge in [0.05, 0.1) is 24.5 Å². The summed E-state index contributed by atoms with van der Waals surface area (Å²) in [6.45, 7) is 1.76. The minimum atomic E-state index is -0.286. The van der Waals surface area contributed by atoms with Crippen LogP contribution in [0.25, 0.3) is 0 Å². The number of pyridine rings is 1. The van der Waals surface area contributed by atoms with Gasteiger partial charge in [0.1, 0.15) is 11.5 Å². The number of likely N-dealkylation sites (tertiary alicyclic amines) is 1. The SMILES string of the molecule is Cn1ccnc1CN1CCCC1c1cccc(C(=O)Nc2cnccn2)n1. The molecule has 3 aromatic rings. The lowest BCUT2D eigenvalue weighted by atomic mass is 10.1. The quantitative estimate of drug-likeness (QED) is 0.747. The molecule has 1 amide bonds. The lowest BCUT2D eigenvalue weighted by Crippen LogP contribution is -2.25. The van der Waals surface area contributed by atoms with Crippen molar-refractivity contribution < 1.29 is 4.79 Å². The Morgan fingerprint density at radius 1 is 1.26 bits per heavy atom. The third-order valence-electron chi connectivity index (χ3n) is 4.78. The van der Waals surface area contributed by atoms with Crippen LogP contribution >= 0.6 is 0 Å². The lowest BCUT2D eigenvalue weighted by molar-refractivity contribution is 0.102. The maximum atomic E-state index is 12.5. The van der Waals surface area contributed by atoms with E-state index >= 15 is 0 Å². The first-order valence-corrected chi connectivity index (χ1v) is 8.95. The fourth-order valence-electron chi connectivity index (χ4n) is 3.39. The van der Waals surface area contributed by atoms with Crippen LogP contribution < -0.4 is 5.32 Å². The molecule has 1 fully saturated rings. The highest BCUT2D eigenvalue weighted by Crippen LogP contribution is 2.32. The molecule has 1 atom stereocenters. The number of hydrogen-bond acceptors (Lipinski definition) is 6. The van der Waals surface area contributed by atoms with Crippen LogP contribution in [0.15, 0.2) is 49.2 Å². The van der Waals surface area contributed by atoms with Gasteiger partial charge in [-0.3, -0.25) is 14.7 Å². The second kappa shape index (κ2) is 7.63. The van der Waals surface area contributed by atoms with E-state index in [4.69, 9.17) is 0 Å². The van der Waals surface area contributed by atoms with Crippen LogP contribution in [-0.4, -0.2) is 41.9 Å². The predicted molar refractivity (Wildman–Crippen MR) is 99.8 cm³/mol. The summed E-state index contributed by atoms with van der Waals surface area (Å²) in [4.78, 5) is 31.9. The molecule has 4 rings (SSSR count). The number of nitrogens with one attached hydrogen (secondary N) is 1. The van der Waals surface area contributed by atoms with Crippen molar-refractivity contribution in [3.8, 4) is 0 Å². The zero-order valence-electron chi connectivity index (χ0n) is 15.1. The largest absolute Gasteiger partial charge is 0.337 e. The van der Waals surface area contributed by atoms with Gasteiger partial charge in [0.2, 0.25) is 0 Å². The predicted octanol–water partition coefficient (Wildman–Crippen LogP) is 2.19. The Hall–Kier alpha value is -3.13. The summed E-state index contributed by atoms with van der Waals surface area (Å²) in [5, 5.41) is 2.73. The Morgan fingerprint density at radius 3 is 2.96 bits per heavy atom. The second-order valence-corrected chi connectivity index (χ2v) is 6.58. The molecule has 0 spiro atoms. The van der Waals surface area contributed by atoms with Crippen molar-refractivity contribution in [1.29, 1.82) is 0 Å². The maximum absolute atomic E-state index is 12.5. The van der Waals surface area contributed by atoms with Gasteiger partial charge >= 0.3 is 0 Å². The van der Waals surface area contributed by atoms with E-state index < -0.39 is 0 Å². The number of nitrogens with zero attached hydrogens (tertiary/aromatic N) is 6. The normalized spacial score (nSPS) is 17.1. The van der Waals surface area contributed by atoms with Crippen LogP contribution in [0.3, 0.4) is 0 Å². The Morgan fingerprint density at radius 2 is 2.19 bits per heavy atom. The number of aryl methyl sites for hydroxylation is 1. The van der Waals surface area contributed by atoms with E-state index in [0.29, 0.717) is 11.5 Å². The molecule has 1 aliphatic heterocycles. The topological polar surface area (TPSA) is 88.8 Å². The summed E-state index contributed by atoms with van der Waals surface area (Å²) in [6, 6.07) is 5.77. The monoisotopic (exact) mass is 363 g/mol. The first-order valence-electron chi connectivity index (χ1n) is 8.95. The van der Waals surface area contributed by atoms with Crippen LogP contribution in [-0.2, 0) is 13.6 Å². The summed E-state index contributed by atoms with van der Waals surface area (Å²) >= 11 is 0. The van der Waals surface area contributed by atoms with Crippen molar-refractivity contribution in [2.75, 3.05) is 11.9 Å². The Labute approximate surface area is 157 Å². The highest BCUT2D eigenvalue weighted by atomic mass is 16.1. The van der Waals surface area contributed by atoms with Crippen LogP contribution in [0, 0.1) is 0 Å². The molecule has 0 aliphatic carbocycles. The van der Waals surface area contributed by atoms with Crippen LogP contribution in [0.5, 0.6) is 0 Å².